The van der Waals surface area contributed by atoms with Crippen LogP contribution in [0.1, 0.15) is 35.2 Å². The molecule has 0 aromatic carbocycles. The van der Waals surface area contributed by atoms with Crippen LogP contribution in [0.4, 0.5) is 5.82 Å². The first-order valence-corrected chi connectivity index (χ1v) is 7.65. The van der Waals surface area contributed by atoms with E-state index in [9.17, 15) is 0 Å². The van der Waals surface area contributed by atoms with Crippen LogP contribution in [0.5, 0.6) is 0 Å². The smallest absolute Gasteiger partial charge is 0.130 e. The first-order valence-electron chi connectivity index (χ1n) is 7.65. The van der Waals surface area contributed by atoms with Crippen LogP contribution >= 0.6 is 0 Å². The molecule has 6 heteroatoms. The number of aromatic nitrogens is 4. The first kappa shape index (κ1) is 14.8. The molecule has 3 rings (SSSR count). The largest absolute Gasteiger partial charge is 0.381 e. The first-order chi connectivity index (χ1) is 10.7. The molecule has 1 atom stereocenters. The van der Waals surface area contributed by atoms with Crippen molar-refractivity contribution in [3.05, 3.63) is 41.4 Å². The lowest BCUT2D eigenvalue weighted by Gasteiger charge is -2.10. The Morgan fingerprint density at radius 2 is 2.00 bits per heavy atom. The zero-order chi connectivity index (χ0) is 15.4. The van der Waals surface area contributed by atoms with Gasteiger partial charge < -0.3 is 10.1 Å². The minimum atomic E-state index is 0.395. The standard InChI is InChI=1S/C16H21N5O/c1-11-7-12(2)21-15(20-11)3-5-17-16-8-14(18-10-19-16)13-4-6-22-9-13/h7-8,10,13H,3-6,9H2,1-2H3,(H,17,18,19). The Balaban J connectivity index is 1.58. The summed E-state index contributed by atoms with van der Waals surface area (Å²) < 4.78 is 5.42. The normalized spacial score (nSPS) is 17.6. The van der Waals surface area contributed by atoms with Crippen molar-refractivity contribution in [2.75, 3.05) is 25.1 Å². The average Bonchev–Trinajstić information content (AvgIpc) is 3.01. The Morgan fingerprint density at radius 3 is 2.73 bits per heavy atom. The Bertz CT molecular complexity index is 620. The third-order valence-electron chi connectivity index (χ3n) is 3.72. The van der Waals surface area contributed by atoms with Gasteiger partial charge in [0.2, 0.25) is 0 Å². The molecule has 0 radical (unpaired) electrons. The van der Waals surface area contributed by atoms with Crippen molar-refractivity contribution >= 4 is 5.82 Å². The molecule has 0 aliphatic carbocycles. The van der Waals surface area contributed by atoms with Gasteiger partial charge in [0.1, 0.15) is 18.0 Å². The molecule has 22 heavy (non-hydrogen) atoms. The number of rotatable bonds is 5. The van der Waals surface area contributed by atoms with Gasteiger partial charge >= 0.3 is 0 Å². The number of hydrogen-bond acceptors (Lipinski definition) is 6. The fourth-order valence-corrected chi connectivity index (χ4v) is 2.67. The van der Waals surface area contributed by atoms with E-state index in [-0.39, 0.29) is 0 Å². The maximum atomic E-state index is 5.42. The molecule has 2 aromatic heterocycles. The van der Waals surface area contributed by atoms with Gasteiger partial charge in [-0.05, 0) is 26.3 Å². The molecule has 116 valence electrons. The molecular weight excluding hydrogens is 278 g/mol. The van der Waals surface area contributed by atoms with Gasteiger partial charge in [0.05, 0.1) is 12.3 Å². The molecule has 0 amide bonds. The molecule has 1 unspecified atom stereocenters. The SMILES string of the molecule is Cc1cc(C)nc(CCNc2cc(C3CCOC3)ncn2)n1. The fraction of sp³-hybridized carbons (Fsp3) is 0.500. The van der Waals surface area contributed by atoms with Crippen molar-refractivity contribution in [1.82, 2.24) is 19.9 Å². The van der Waals surface area contributed by atoms with E-state index in [1.807, 2.05) is 26.0 Å². The molecule has 0 bridgehead atoms. The van der Waals surface area contributed by atoms with Gasteiger partial charge in [0.25, 0.3) is 0 Å². The van der Waals surface area contributed by atoms with Crippen LogP contribution in [-0.2, 0) is 11.2 Å². The van der Waals surface area contributed by atoms with Crippen LogP contribution in [0.3, 0.4) is 0 Å². The molecule has 1 fully saturated rings. The predicted octanol–water partition coefficient (Wildman–Crippen LogP) is 2.04. The van der Waals surface area contributed by atoms with Gasteiger partial charge in [0, 0.05) is 42.9 Å². The van der Waals surface area contributed by atoms with E-state index in [0.29, 0.717) is 5.92 Å². The van der Waals surface area contributed by atoms with E-state index < -0.39 is 0 Å². The molecule has 1 N–H and O–H groups in total. The number of anilines is 1. The van der Waals surface area contributed by atoms with E-state index in [0.717, 1.165) is 61.3 Å². The average molecular weight is 299 g/mol. The van der Waals surface area contributed by atoms with Crippen LogP contribution < -0.4 is 5.32 Å². The summed E-state index contributed by atoms with van der Waals surface area (Å²) in [7, 11) is 0. The zero-order valence-corrected chi connectivity index (χ0v) is 13.0. The van der Waals surface area contributed by atoms with E-state index in [1.54, 1.807) is 6.33 Å². The summed E-state index contributed by atoms with van der Waals surface area (Å²) in [4.78, 5) is 17.5. The molecular formula is C16H21N5O. The number of aryl methyl sites for hydroxylation is 2. The zero-order valence-electron chi connectivity index (χ0n) is 13.0. The van der Waals surface area contributed by atoms with Crippen molar-refractivity contribution in [3.8, 4) is 0 Å². The van der Waals surface area contributed by atoms with Gasteiger partial charge in [-0.3, -0.25) is 0 Å². The Kier molecular flexibility index (Phi) is 4.58. The van der Waals surface area contributed by atoms with Crippen molar-refractivity contribution in [2.45, 2.75) is 32.6 Å². The Labute approximate surface area is 130 Å². The van der Waals surface area contributed by atoms with Crippen molar-refractivity contribution in [3.63, 3.8) is 0 Å². The second-order valence-corrected chi connectivity index (χ2v) is 5.63. The van der Waals surface area contributed by atoms with Crippen LogP contribution in [0, 0.1) is 13.8 Å². The molecule has 3 heterocycles. The number of hydrogen-bond donors (Lipinski definition) is 1. The van der Waals surface area contributed by atoms with Crippen LogP contribution in [0.15, 0.2) is 18.5 Å². The monoisotopic (exact) mass is 299 g/mol. The van der Waals surface area contributed by atoms with E-state index in [2.05, 4.69) is 25.3 Å². The summed E-state index contributed by atoms with van der Waals surface area (Å²) in [6.07, 6.45) is 3.42. The van der Waals surface area contributed by atoms with E-state index in [4.69, 9.17) is 4.74 Å². The van der Waals surface area contributed by atoms with Gasteiger partial charge in [-0.2, -0.15) is 0 Å². The maximum absolute atomic E-state index is 5.42. The third kappa shape index (κ3) is 3.76. The maximum Gasteiger partial charge on any atom is 0.130 e. The molecule has 2 aromatic rings. The van der Waals surface area contributed by atoms with Crippen LogP contribution in [0.25, 0.3) is 0 Å². The highest BCUT2D eigenvalue weighted by Crippen LogP contribution is 2.24. The lowest BCUT2D eigenvalue weighted by molar-refractivity contribution is 0.193. The molecule has 1 aliphatic rings. The summed E-state index contributed by atoms with van der Waals surface area (Å²) in [5.41, 5.74) is 3.07. The second kappa shape index (κ2) is 6.79. The predicted molar refractivity (Wildman–Crippen MR) is 83.9 cm³/mol. The van der Waals surface area contributed by atoms with Crippen molar-refractivity contribution in [2.24, 2.45) is 0 Å². The van der Waals surface area contributed by atoms with Gasteiger partial charge in [-0.25, -0.2) is 19.9 Å². The van der Waals surface area contributed by atoms with Crippen molar-refractivity contribution in [1.29, 1.82) is 0 Å². The Morgan fingerprint density at radius 1 is 1.18 bits per heavy atom. The van der Waals surface area contributed by atoms with Gasteiger partial charge in [-0.1, -0.05) is 0 Å². The minimum absolute atomic E-state index is 0.395. The highest BCUT2D eigenvalue weighted by Gasteiger charge is 2.19. The summed E-state index contributed by atoms with van der Waals surface area (Å²) in [5, 5.41) is 3.32. The number of nitrogens with one attached hydrogen (secondary N) is 1. The minimum Gasteiger partial charge on any atom is -0.381 e. The van der Waals surface area contributed by atoms with Crippen molar-refractivity contribution < 1.29 is 4.74 Å². The summed E-state index contributed by atoms with van der Waals surface area (Å²) in [5.74, 6) is 2.11. The quantitative estimate of drug-likeness (QED) is 0.911. The third-order valence-corrected chi connectivity index (χ3v) is 3.72. The summed E-state index contributed by atoms with van der Waals surface area (Å²) in [6, 6.07) is 4.00. The Hall–Kier alpha value is -2.08. The lowest BCUT2D eigenvalue weighted by atomic mass is 10.1. The molecule has 6 nitrogen and oxygen atoms in total. The van der Waals surface area contributed by atoms with E-state index >= 15 is 0 Å². The lowest BCUT2D eigenvalue weighted by Crippen LogP contribution is -2.11. The molecule has 1 aliphatic heterocycles. The topological polar surface area (TPSA) is 72.8 Å². The summed E-state index contributed by atoms with van der Waals surface area (Å²) >= 11 is 0. The molecule has 1 saturated heterocycles. The summed E-state index contributed by atoms with van der Waals surface area (Å²) in [6.45, 7) is 6.31. The molecule has 0 saturated carbocycles. The number of ether oxygens (including phenoxy) is 1. The van der Waals surface area contributed by atoms with Crippen LogP contribution in [0.2, 0.25) is 0 Å². The molecule has 0 spiro atoms. The highest BCUT2D eigenvalue weighted by molar-refractivity contribution is 5.36. The number of nitrogens with zero attached hydrogens (tertiary/aromatic N) is 4. The van der Waals surface area contributed by atoms with E-state index in [1.165, 1.54) is 0 Å². The van der Waals surface area contributed by atoms with Gasteiger partial charge in [0.15, 0.2) is 0 Å². The highest BCUT2D eigenvalue weighted by atomic mass is 16.5. The fourth-order valence-electron chi connectivity index (χ4n) is 2.67. The second-order valence-electron chi connectivity index (χ2n) is 5.63. The van der Waals surface area contributed by atoms with Crippen LogP contribution in [-0.4, -0.2) is 39.7 Å². The van der Waals surface area contributed by atoms with Gasteiger partial charge in [-0.15, -0.1) is 0 Å².